The van der Waals surface area contributed by atoms with Crippen LogP contribution in [0.25, 0.3) is 0 Å². The van der Waals surface area contributed by atoms with E-state index in [-0.39, 0.29) is 19.3 Å². The van der Waals surface area contributed by atoms with Crippen LogP contribution < -0.4 is 4.74 Å². The second-order valence-corrected chi connectivity index (χ2v) is 13.4. The smallest absolute Gasteiger partial charge is 0.139 e. The highest BCUT2D eigenvalue weighted by Crippen LogP contribution is 2.41. The van der Waals surface area contributed by atoms with E-state index in [1.807, 2.05) is 103 Å². The van der Waals surface area contributed by atoms with E-state index in [2.05, 4.69) is 0 Å². The maximum Gasteiger partial charge on any atom is 0.139 e. The Morgan fingerprint density at radius 1 is 0.917 bits per heavy atom. The Kier molecular flexibility index (Phi) is 14.0. The van der Waals surface area contributed by atoms with Gasteiger partial charge < -0.3 is 29.2 Å². The van der Waals surface area contributed by atoms with Crippen LogP contribution in [0.5, 0.6) is 5.75 Å². The molecule has 4 atom stereocenters. The van der Waals surface area contributed by atoms with Gasteiger partial charge in [0.1, 0.15) is 23.6 Å². The number of ether oxygens (including phenoxy) is 4. The highest BCUT2D eigenvalue weighted by atomic mass is 35.5. The van der Waals surface area contributed by atoms with Crippen LogP contribution in [-0.2, 0) is 33.8 Å². The zero-order valence-corrected chi connectivity index (χ0v) is 29.0. The number of alkyl halides is 1. The molecule has 5 rings (SSSR count). The molecule has 1 aliphatic heterocycles. The van der Waals surface area contributed by atoms with Crippen molar-refractivity contribution >= 4 is 11.6 Å². The molecular formula is C40H48ClFO6. The molecule has 1 heterocycles. The van der Waals surface area contributed by atoms with Gasteiger partial charge in [-0.3, -0.25) is 0 Å². The van der Waals surface area contributed by atoms with Crippen LogP contribution in [0.2, 0.25) is 5.02 Å². The van der Waals surface area contributed by atoms with E-state index < -0.39 is 23.5 Å². The third-order valence-corrected chi connectivity index (χ3v) is 8.65. The summed E-state index contributed by atoms with van der Waals surface area (Å²) in [6.07, 6.45) is 0.0644. The van der Waals surface area contributed by atoms with Crippen molar-refractivity contribution < 1.29 is 33.6 Å². The lowest BCUT2D eigenvalue weighted by Crippen LogP contribution is -2.53. The van der Waals surface area contributed by atoms with Crippen molar-refractivity contribution in [1.29, 1.82) is 0 Å². The number of methoxy groups -OCH3 is 1. The van der Waals surface area contributed by atoms with E-state index in [0.717, 1.165) is 22.3 Å². The van der Waals surface area contributed by atoms with E-state index in [4.69, 9.17) is 30.5 Å². The third-order valence-electron chi connectivity index (χ3n) is 8.28. The van der Waals surface area contributed by atoms with Gasteiger partial charge in [-0.2, -0.15) is 0 Å². The van der Waals surface area contributed by atoms with Crippen molar-refractivity contribution in [2.45, 2.75) is 82.8 Å². The largest absolute Gasteiger partial charge is 0.490 e. The van der Waals surface area contributed by atoms with Gasteiger partial charge in [-0.15, -0.1) is 0 Å². The number of benzene rings is 4. The first-order valence-electron chi connectivity index (χ1n) is 16.3. The number of hydrogen-bond acceptors (Lipinski definition) is 6. The summed E-state index contributed by atoms with van der Waals surface area (Å²) in [7, 11) is 1.70. The molecule has 3 unspecified atom stereocenters. The third kappa shape index (κ3) is 11.4. The molecule has 1 aliphatic rings. The normalized spacial score (nSPS) is 20.0. The van der Waals surface area contributed by atoms with E-state index in [1.54, 1.807) is 14.0 Å². The lowest BCUT2D eigenvalue weighted by molar-refractivity contribution is -0.228. The summed E-state index contributed by atoms with van der Waals surface area (Å²) in [5.41, 5.74) is 2.62. The van der Waals surface area contributed by atoms with Crippen molar-refractivity contribution in [1.82, 2.24) is 0 Å². The van der Waals surface area contributed by atoms with Gasteiger partial charge in [-0.25, -0.2) is 4.39 Å². The van der Waals surface area contributed by atoms with Crippen LogP contribution >= 0.6 is 11.6 Å². The predicted molar refractivity (Wildman–Crippen MR) is 188 cm³/mol. The number of rotatable bonds is 13. The molecule has 48 heavy (non-hydrogen) atoms. The fraction of sp³-hybridized carbons (Fsp3) is 0.400. The van der Waals surface area contributed by atoms with Gasteiger partial charge in [-0.05, 0) is 73.2 Å². The molecule has 0 spiro atoms. The molecule has 0 aromatic heterocycles. The van der Waals surface area contributed by atoms with E-state index in [0.29, 0.717) is 43.2 Å². The summed E-state index contributed by atoms with van der Waals surface area (Å²) < 4.78 is 36.9. The van der Waals surface area contributed by atoms with Crippen LogP contribution in [0.15, 0.2) is 103 Å². The van der Waals surface area contributed by atoms with Crippen molar-refractivity contribution in [2.75, 3.05) is 20.3 Å². The molecule has 258 valence electrons. The number of hydrogen-bond donors (Lipinski definition) is 2. The average molecular weight is 679 g/mol. The molecule has 0 amide bonds. The highest BCUT2D eigenvalue weighted by molar-refractivity contribution is 6.31. The summed E-state index contributed by atoms with van der Waals surface area (Å²) in [5.74, 6) is 0.611. The molecule has 2 N–H and O–H groups in total. The second kappa shape index (κ2) is 17.9. The van der Waals surface area contributed by atoms with Crippen LogP contribution in [0.1, 0.15) is 67.5 Å². The second-order valence-electron chi connectivity index (χ2n) is 13.0. The summed E-state index contributed by atoms with van der Waals surface area (Å²) in [4.78, 5) is 0. The van der Waals surface area contributed by atoms with Crippen LogP contribution in [-0.4, -0.2) is 54.0 Å². The summed E-state index contributed by atoms with van der Waals surface area (Å²) >= 11 is 6.58. The Labute approximate surface area is 289 Å². The Morgan fingerprint density at radius 3 is 2.10 bits per heavy atom. The van der Waals surface area contributed by atoms with Gasteiger partial charge in [0, 0.05) is 25.0 Å². The first-order chi connectivity index (χ1) is 23.0. The number of halogens is 2. The first-order valence-corrected chi connectivity index (χ1v) is 16.7. The average Bonchev–Trinajstić information content (AvgIpc) is 3.09. The van der Waals surface area contributed by atoms with Gasteiger partial charge in [-0.1, -0.05) is 96.5 Å². The molecule has 6 nitrogen and oxygen atoms in total. The fourth-order valence-electron chi connectivity index (χ4n) is 5.56. The van der Waals surface area contributed by atoms with Crippen molar-refractivity contribution in [2.24, 2.45) is 0 Å². The van der Waals surface area contributed by atoms with E-state index in [1.165, 1.54) is 19.4 Å². The predicted octanol–water partition coefficient (Wildman–Crippen LogP) is 8.44. The Balaban J connectivity index is 0.000000500. The molecule has 4 aromatic carbocycles. The van der Waals surface area contributed by atoms with Crippen molar-refractivity contribution in [3.05, 3.63) is 136 Å². The molecule has 4 aromatic rings. The zero-order valence-electron chi connectivity index (χ0n) is 28.3. The maximum absolute atomic E-state index is 13.8. The molecule has 0 aliphatic carbocycles. The molecule has 1 saturated heterocycles. The Morgan fingerprint density at radius 2 is 1.54 bits per heavy atom. The Hall–Kier alpha value is -3.30. The molecule has 8 heteroatoms. The quantitative estimate of drug-likeness (QED) is 0.148. The van der Waals surface area contributed by atoms with Crippen LogP contribution in [0, 0.1) is 0 Å². The fourth-order valence-corrected chi connectivity index (χ4v) is 5.74. The van der Waals surface area contributed by atoms with Gasteiger partial charge in [0.25, 0.3) is 0 Å². The zero-order chi connectivity index (χ0) is 34.6. The van der Waals surface area contributed by atoms with Crippen LogP contribution in [0.4, 0.5) is 4.39 Å². The lowest BCUT2D eigenvalue weighted by atomic mass is 9.84. The highest BCUT2D eigenvalue weighted by Gasteiger charge is 2.46. The van der Waals surface area contributed by atoms with Gasteiger partial charge in [0.15, 0.2) is 0 Å². The summed E-state index contributed by atoms with van der Waals surface area (Å²) in [6, 6.07) is 33.4. The number of aliphatic hydroxyl groups is 2. The monoisotopic (exact) mass is 678 g/mol. The maximum atomic E-state index is 13.8. The number of aliphatic hydroxyl groups excluding tert-OH is 2. The summed E-state index contributed by atoms with van der Waals surface area (Å²) in [5, 5.41) is 21.5. The van der Waals surface area contributed by atoms with Crippen molar-refractivity contribution in [3.8, 4) is 5.75 Å². The molecule has 1 fully saturated rings. The van der Waals surface area contributed by atoms with Gasteiger partial charge in [0.05, 0.1) is 38.1 Å². The summed E-state index contributed by atoms with van der Waals surface area (Å²) in [6.45, 7) is 5.42. The molecule has 0 saturated carbocycles. The standard InChI is InChI=1S/C32H38ClFO5.C8H10O/c1-22(36)32(20-35)18-28(37-19-24-7-5-4-6-8-24)17-30(39-32)25-11-14-29(33)26(16-25)15-23-9-12-27(13-10-23)38-21-31(2,3)34;1-9-7-8-5-3-2-4-6-8/h4-14,16,22,28,30,35-36H,15,17-21H2,1-3H3;2-6H,7H2,1H3/t22?,28?,30?,32-;/m1./s1. The molecular weight excluding hydrogens is 631 g/mol. The van der Waals surface area contributed by atoms with Gasteiger partial charge in [0.2, 0.25) is 0 Å². The Bertz CT molecular complexity index is 1510. The minimum atomic E-state index is -1.40. The first kappa shape index (κ1) is 37.5. The molecule has 0 radical (unpaired) electrons. The van der Waals surface area contributed by atoms with Crippen molar-refractivity contribution in [3.63, 3.8) is 0 Å². The van der Waals surface area contributed by atoms with E-state index in [9.17, 15) is 14.6 Å². The topological polar surface area (TPSA) is 77.4 Å². The molecule has 0 bridgehead atoms. The van der Waals surface area contributed by atoms with E-state index >= 15 is 0 Å². The minimum Gasteiger partial charge on any atom is -0.490 e. The lowest BCUT2D eigenvalue weighted by Gasteiger charge is -2.45. The van der Waals surface area contributed by atoms with Crippen LogP contribution in [0.3, 0.4) is 0 Å². The van der Waals surface area contributed by atoms with Gasteiger partial charge >= 0.3 is 0 Å². The SMILES string of the molecule is CC(O)[C@]1(CO)CC(OCc2ccccc2)CC(c2ccc(Cl)c(Cc3ccc(OCC(C)(C)F)cc3)c2)O1.COCc1ccccc1. The minimum absolute atomic E-state index is 0.0144.